The van der Waals surface area contributed by atoms with Gasteiger partial charge in [-0.2, -0.15) is 8.42 Å². The van der Waals surface area contributed by atoms with Crippen LogP contribution < -0.4 is 15.0 Å². The molecule has 9 rings (SSSR count). The first-order valence-electron chi connectivity index (χ1n) is 23.8. The van der Waals surface area contributed by atoms with Crippen molar-refractivity contribution in [3.63, 3.8) is 0 Å². The highest BCUT2D eigenvalue weighted by atomic mass is 32.2. The Morgan fingerprint density at radius 3 is 1.86 bits per heavy atom. The minimum atomic E-state index is -4.70. The quantitative estimate of drug-likeness (QED) is 0.0259. The number of hydrogen-bond acceptors (Lipinski definition) is 11. The number of aryl methyl sites for hydroxylation is 5. The molecule has 1 unspecified atom stereocenters. The van der Waals surface area contributed by atoms with Crippen molar-refractivity contribution in [1.82, 2.24) is 0 Å². The van der Waals surface area contributed by atoms with Crippen LogP contribution in [-0.2, 0) is 35.8 Å². The highest BCUT2D eigenvalue weighted by Gasteiger charge is 2.34. The van der Waals surface area contributed by atoms with E-state index in [2.05, 4.69) is 23.5 Å². The normalized spacial score (nSPS) is 13.0. The second-order valence-corrected chi connectivity index (χ2v) is 19.9. The minimum absolute atomic E-state index is 0.0619. The van der Waals surface area contributed by atoms with Gasteiger partial charge in [-0.3, -0.25) is 4.55 Å². The Bertz CT molecular complexity index is 3460. The molecule has 0 radical (unpaired) electrons. The van der Waals surface area contributed by atoms with E-state index in [0.717, 1.165) is 50.4 Å². The molecule has 12 nitrogen and oxygen atoms in total. The molecule has 8 aromatic carbocycles. The molecular formula is C59H56N2O10S. The van der Waals surface area contributed by atoms with E-state index in [-0.39, 0.29) is 39.4 Å². The number of fused-ring (bicyclic) bond motifs is 2. The molecule has 72 heavy (non-hydrogen) atoms. The van der Waals surface area contributed by atoms with E-state index in [1.807, 2.05) is 74.3 Å². The third kappa shape index (κ3) is 10.5. The monoisotopic (exact) mass is 984 g/mol. The maximum Gasteiger partial charge on any atom is 0.294 e. The molecule has 0 fully saturated rings. The number of phenolic OH excluding ortho intramolecular Hbond substituents is 6. The zero-order valence-electron chi connectivity index (χ0n) is 40.1. The maximum atomic E-state index is 13.2. The van der Waals surface area contributed by atoms with Gasteiger partial charge >= 0.3 is 0 Å². The molecular weight excluding hydrogens is 929 g/mol. The third-order valence-electron chi connectivity index (χ3n) is 13.5. The Kier molecular flexibility index (Phi) is 13.8. The van der Waals surface area contributed by atoms with E-state index in [1.54, 1.807) is 36.4 Å². The van der Waals surface area contributed by atoms with Crippen LogP contribution in [0, 0.1) is 13.8 Å². The van der Waals surface area contributed by atoms with Crippen LogP contribution in [0.3, 0.4) is 0 Å². The van der Waals surface area contributed by atoms with E-state index in [4.69, 9.17) is 4.74 Å². The summed E-state index contributed by atoms with van der Waals surface area (Å²) in [5, 5.41) is 65.5. The fraction of sp³-hybridized carbons (Fsp3) is 0.186. The fourth-order valence-electron chi connectivity index (χ4n) is 9.76. The Morgan fingerprint density at radius 1 is 0.556 bits per heavy atom. The first kappa shape index (κ1) is 48.9. The Balaban J connectivity index is 1.13. The van der Waals surface area contributed by atoms with Crippen molar-refractivity contribution in [3.8, 4) is 57.1 Å². The largest absolute Gasteiger partial charge is 0.508 e. The molecule has 8 N–H and O–H groups in total. The molecule has 1 atom stereocenters. The molecule has 8 aromatic rings. The van der Waals surface area contributed by atoms with Gasteiger partial charge in [0.15, 0.2) is 0 Å². The molecule has 0 saturated heterocycles. The topological polar surface area (TPSA) is 200 Å². The van der Waals surface area contributed by atoms with E-state index in [1.165, 1.54) is 42.5 Å². The van der Waals surface area contributed by atoms with Crippen LogP contribution in [0.5, 0.6) is 46.0 Å². The summed E-state index contributed by atoms with van der Waals surface area (Å²) in [4.78, 5) is 1.81. The summed E-state index contributed by atoms with van der Waals surface area (Å²) in [5.74, 6) is 0.756. The number of phenols is 6. The Morgan fingerprint density at radius 2 is 1.17 bits per heavy atom. The highest BCUT2D eigenvalue weighted by molar-refractivity contribution is 7.85. The predicted molar refractivity (Wildman–Crippen MR) is 281 cm³/mol. The van der Waals surface area contributed by atoms with Crippen molar-refractivity contribution < 1.29 is 48.3 Å². The van der Waals surface area contributed by atoms with Crippen molar-refractivity contribution in [2.45, 2.75) is 63.2 Å². The second-order valence-electron chi connectivity index (χ2n) is 18.5. The number of aromatic hydroxyl groups is 6. The van der Waals surface area contributed by atoms with Gasteiger partial charge in [0.25, 0.3) is 10.1 Å². The van der Waals surface area contributed by atoms with Gasteiger partial charge in [0.2, 0.25) is 0 Å². The number of hydrogen-bond donors (Lipinski definition) is 8. The van der Waals surface area contributed by atoms with E-state index < -0.39 is 16.0 Å². The van der Waals surface area contributed by atoms with E-state index in [0.29, 0.717) is 89.9 Å². The van der Waals surface area contributed by atoms with Crippen LogP contribution in [0.1, 0.15) is 74.4 Å². The van der Waals surface area contributed by atoms with Gasteiger partial charge in [-0.05, 0) is 169 Å². The standard InChI is InChI=1S/C59H56N2O10S/c1-35-13-15-37(8-6-9-39-29-43(62)18-22-53(39)65)27-48(35)49-33-50-57(34-51(49)60-25-7-10-40-30-44(63)19-23-54(40)66)71-56-32-42(17-21-46(56)59(50)47-11-4-5-12-58(47)72(68,69)70)61(3)52-28-38(16-14-36(52)2)26-41-31-45(64)20-24-55(41)67/h4-5,11-24,27-34,59-60,62-67H,6-10,25-26H2,1-3H3,(H,68,69,70). The summed E-state index contributed by atoms with van der Waals surface area (Å²) in [6.07, 6.45) is 3.37. The molecule has 0 spiro atoms. The van der Waals surface area contributed by atoms with Gasteiger partial charge in [0.1, 0.15) is 46.0 Å². The molecule has 0 aliphatic carbocycles. The molecule has 0 aromatic heterocycles. The van der Waals surface area contributed by atoms with Crippen LogP contribution >= 0.6 is 0 Å². The lowest BCUT2D eigenvalue weighted by Gasteiger charge is -2.32. The van der Waals surface area contributed by atoms with Gasteiger partial charge in [-0.25, -0.2) is 0 Å². The molecule has 1 heterocycles. The number of benzene rings is 8. The van der Waals surface area contributed by atoms with Crippen LogP contribution in [-0.4, -0.2) is 57.2 Å². The lowest BCUT2D eigenvalue weighted by atomic mass is 9.80. The Hall–Kier alpha value is -8.13. The van der Waals surface area contributed by atoms with Gasteiger partial charge in [0, 0.05) is 77.4 Å². The first-order valence-corrected chi connectivity index (χ1v) is 25.2. The predicted octanol–water partition coefficient (Wildman–Crippen LogP) is 12.3. The smallest absolute Gasteiger partial charge is 0.294 e. The zero-order chi connectivity index (χ0) is 50.8. The number of ether oxygens (including phenoxy) is 1. The molecule has 1 aliphatic heterocycles. The summed E-state index contributed by atoms with van der Waals surface area (Å²) >= 11 is 0. The van der Waals surface area contributed by atoms with Crippen LogP contribution in [0.25, 0.3) is 11.1 Å². The first-order chi connectivity index (χ1) is 34.5. The maximum absolute atomic E-state index is 13.2. The number of nitrogens with zero attached hydrogens (tertiary/aromatic N) is 1. The number of nitrogens with one attached hydrogen (secondary N) is 1. The van der Waals surface area contributed by atoms with Crippen molar-refractivity contribution in [3.05, 3.63) is 201 Å². The van der Waals surface area contributed by atoms with Crippen LogP contribution in [0.15, 0.2) is 150 Å². The second kappa shape index (κ2) is 20.3. The molecule has 0 bridgehead atoms. The average molecular weight is 985 g/mol. The lowest BCUT2D eigenvalue weighted by molar-refractivity contribution is 0.451. The average Bonchev–Trinajstić information content (AvgIpc) is 3.35. The zero-order valence-corrected chi connectivity index (χ0v) is 40.9. The van der Waals surface area contributed by atoms with Gasteiger partial charge < -0.3 is 45.6 Å². The van der Waals surface area contributed by atoms with Crippen molar-refractivity contribution in [2.24, 2.45) is 0 Å². The summed E-state index contributed by atoms with van der Waals surface area (Å²) < 4.78 is 44.0. The summed E-state index contributed by atoms with van der Waals surface area (Å²) in [5.41, 5.74) is 11.7. The minimum Gasteiger partial charge on any atom is -0.508 e. The summed E-state index contributed by atoms with van der Waals surface area (Å²) in [6.45, 7) is 4.51. The third-order valence-corrected chi connectivity index (χ3v) is 14.5. The molecule has 0 amide bonds. The SMILES string of the molecule is Cc1ccc(CCCc2cc(O)ccc2O)cc1-c1cc2c(cc1NCCCc1cc(O)ccc1O)Oc1cc(N(C)c3cc(Cc4cc(O)ccc4O)ccc3C)ccc1C2c1ccccc1S(=O)(=O)O. The number of rotatable bonds is 16. The van der Waals surface area contributed by atoms with Gasteiger partial charge in [-0.1, -0.05) is 54.6 Å². The summed E-state index contributed by atoms with van der Waals surface area (Å²) in [7, 11) is -2.75. The van der Waals surface area contributed by atoms with E-state index in [9.17, 15) is 43.6 Å². The van der Waals surface area contributed by atoms with Gasteiger partial charge in [0.05, 0.1) is 4.90 Å². The highest BCUT2D eigenvalue weighted by Crippen LogP contribution is 2.52. The van der Waals surface area contributed by atoms with Crippen molar-refractivity contribution in [1.29, 1.82) is 0 Å². The van der Waals surface area contributed by atoms with Crippen molar-refractivity contribution in [2.75, 3.05) is 23.8 Å². The van der Waals surface area contributed by atoms with Crippen LogP contribution in [0.4, 0.5) is 17.1 Å². The fourth-order valence-corrected chi connectivity index (χ4v) is 10.5. The van der Waals surface area contributed by atoms with Gasteiger partial charge in [-0.15, -0.1) is 0 Å². The molecule has 13 heteroatoms. The lowest BCUT2D eigenvalue weighted by Crippen LogP contribution is -2.17. The van der Waals surface area contributed by atoms with Crippen LogP contribution in [0.2, 0.25) is 0 Å². The molecule has 368 valence electrons. The van der Waals surface area contributed by atoms with E-state index >= 15 is 0 Å². The summed E-state index contributed by atoms with van der Waals surface area (Å²) in [6, 6.07) is 42.0. The number of anilines is 3. The molecule has 1 aliphatic rings. The van der Waals surface area contributed by atoms with Crippen molar-refractivity contribution >= 4 is 27.2 Å². The Labute approximate surface area is 419 Å². The molecule has 0 saturated carbocycles.